The lowest BCUT2D eigenvalue weighted by atomic mass is 9.87. The molecule has 0 unspecified atom stereocenters. The van der Waals surface area contributed by atoms with Gasteiger partial charge in [0.05, 0.1) is 0 Å². The van der Waals surface area contributed by atoms with Crippen LogP contribution < -0.4 is 0 Å². The molecule has 5 heteroatoms. The van der Waals surface area contributed by atoms with Gasteiger partial charge in [-0.1, -0.05) is 126 Å². The van der Waals surface area contributed by atoms with Gasteiger partial charge in [-0.05, 0) is 86.4 Å². The van der Waals surface area contributed by atoms with E-state index >= 15 is 0 Å². The first-order valence-electron chi connectivity index (χ1n) is 15.1. The molecule has 0 atom stereocenters. The first-order valence-corrected chi connectivity index (χ1v) is 15.1. The van der Waals surface area contributed by atoms with Crippen LogP contribution in [0.2, 0.25) is 0 Å². The standard InChI is InChI=1S/2C10H12F2.C10H13F.C10H14/c1-10(2,3)7-4-8(11)6-9(12)5-7;1-10(2,3)8-6-7(11)4-5-9(8)12;1-10(2,3)8-5-4-6-9(11)7-8;1-10(2,3)9-7-5-4-6-8-9/h2*4-6H,1-3H3;4-7H,1-3H3;4-8H,1-3H3. The molecule has 0 aliphatic heterocycles. The van der Waals surface area contributed by atoms with E-state index in [2.05, 4.69) is 71.9 Å². The molecule has 0 radical (unpaired) electrons. The van der Waals surface area contributed by atoms with Crippen LogP contribution in [0.25, 0.3) is 0 Å². The minimum absolute atomic E-state index is 0.0437. The number of halogens is 5. The molecular weight excluding hydrogens is 575 g/mol. The molecule has 0 bridgehead atoms. The van der Waals surface area contributed by atoms with Crippen LogP contribution in [-0.4, -0.2) is 0 Å². The minimum Gasteiger partial charge on any atom is -0.207 e. The van der Waals surface area contributed by atoms with Crippen molar-refractivity contribution < 1.29 is 22.0 Å². The molecule has 0 N–H and O–H groups in total. The van der Waals surface area contributed by atoms with Crippen molar-refractivity contribution in [2.45, 2.75) is 105 Å². The zero-order valence-electron chi connectivity index (χ0n) is 29.1. The van der Waals surface area contributed by atoms with Crippen LogP contribution in [0.5, 0.6) is 0 Å². The summed E-state index contributed by atoms with van der Waals surface area (Å²) in [6.45, 7) is 24.2. The van der Waals surface area contributed by atoms with Gasteiger partial charge in [0.15, 0.2) is 0 Å². The second kappa shape index (κ2) is 16.2. The minimum atomic E-state index is -0.514. The highest BCUT2D eigenvalue weighted by atomic mass is 19.1. The maximum atomic E-state index is 13.1. The molecule has 0 saturated heterocycles. The highest BCUT2D eigenvalue weighted by Gasteiger charge is 2.19. The Morgan fingerprint density at radius 3 is 1.11 bits per heavy atom. The fourth-order valence-electron chi connectivity index (χ4n) is 3.95. The van der Waals surface area contributed by atoms with Gasteiger partial charge in [0, 0.05) is 6.07 Å². The maximum Gasteiger partial charge on any atom is 0.127 e. The topological polar surface area (TPSA) is 0 Å². The van der Waals surface area contributed by atoms with E-state index in [9.17, 15) is 22.0 Å². The van der Waals surface area contributed by atoms with Crippen LogP contribution in [-0.2, 0) is 21.7 Å². The van der Waals surface area contributed by atoms with Gasteiger partial charge in [0.1, 0.15) is 29.1 Å². The van der Waals surface area contributed by atoms with Crippen molar-refractivity contribution in [3.05, 3.63) is 142 Å². The summed E-state index contributed by atoms with van der Waals surface area (Å²) in [7, 11) is 0. The van der Waals surface area contributed by atoms with Gasteiger partial charge >= 0.3 is 0 Å². The third kappa shape index (κ3) is 14.9. The van der Waals surface area contributed by atoms with Crippen molar-refractivity contribution in [2.24, 2.45) is 0 Å². The lowest BCUT2D eigenvalue weighted by Crippen LogP contribution is -2.13. The van der Waals surface area contributed by atoms with E-state index in [-0.39, 0.29) is 33.7 Å². The number of hydrogen-bond acceptors (Lipinski definition) is 0. The molecule has 4 rings (SSSR count). The first kappa shape index (κ1) is 39.6. The van der Waals surface area contributed by atoms with Crippen molar-refractivity contribution in [1.29, 1.82) is 0 Å². The maximum absolute atomic E-state index is 13.1. The molecular formula is C40H51F5. The molecule has 0 heterocycles. The summed E-state index contributed by atoms with van der Waals surface area (Å²) in [6, 6.07) is 24.4. The first-order chi connectivity index (χ1) is 20.4. The second-order valence-corrected chi connectivity index (χ2v) is 15.2. The Balaban J connectivity index is 0.000000301. The van der Waals surface area contributed by atoms with E-state index in [0.29, 0.717) is 16.5 Å². The molecule has 45 heavy (non-hydrogen) atoms. The highest BCUT2D eigenvalue weighted by molar-refractivity contribution is 5.26. The Bertz CT molecular complexity index is 1440. The lowest BCUT2D eigenvalue weighted by molar-refractivity contribution is 0.511. The van der Waals surface area contributed by atoms with Gasteiger partial charge in [0.2, 0.25) is 0 Å². The lowest BCUT2D eigenvalue weighted by Gasteiger charge is -2.19. The van der Waals surface area contributed by atoms with E-state index in [1.165, 1.54) is 29.8 Å². The van der Waals surface area contributed by atoms with Crippen LogP contribution >= 0.6 is 0 Å². The molecule has 0 aliphatic rings. The van der Waals surface area contributed by atoms with Crippen molar-refractivity contribution in [3.63, 3.8) is 0 Å². The molecule has 0 aliphatic carbocycles. The second-order valence-electron chi connectivity index (χ2n) is 15.2. The SMILES string of the molecule is CC(C)(C)c1cc(F)cc(F)c1.CC(C)(C)c1cc(F)ccc1F.CC(C)(C)c1cccc(F)c1.CC(C)(C)c1ccccc1. The molecule has 0 aromatic heterocycles. The zero-order valence-corrected chi connectivity index (χ0v) is 29.1. The van der Waals surface area contributed by atoms with Crippen LogP contribution in [0.15, 0.2) is 91.0 Å². The number of benzene rings is 4. The summed E-state index contributed by atoms with van der Waals surface area (Å²) in [6.07, 6.45) is 0. The largest absolute Gasteiger partial charge is 0.207 e. The average molecular weight is 627 g/mol. The molecule has 4 aromatic carbocycles. The highest BCUT2D eigenvalue weighted by Crippen LogP contribution is 2.26. The Hall–Kier alpha value is -3.47. The summed E-state index contributed by atoms with van der Waals surface area (Å²) >= 11 is 0. The van der Waals surface area contributed by atoms with Crippen LogP contribution in [0.1, 0.15) is 105 Å². The fraction of sp³-hybridized carbons (Fsp3) is 0.400. The van der Waals surface area contributed by atoms with E-state index in [1.54, 1.807) is 12.1 Å². The molecule has 246 valence electrons. The van der Waals surface area contributed by atoms with E-state index in [4.69, 9.17) is 0 Å². The summed E-state index contributed by atoms with van der Waals surface area (Å²) in [5, 5.41) is 0. The predicted molar refractivity (Wildman–Crippen MR) is 180 cm³/mol. The van der Waals surface area contributed by atoms with Crippen molar-refractivity contribution in [1.82, 2.24) is 0 Å². The molecule has 0 fully saturated rings. The zero-order chi connectivity index (χ0) is 34.8. The molecule has 0 spiro atoms. The van der Waals surface area contributed by atoms with Crippen LogP contribution in [0.3, 0.4) is 0 Å². The normalized spacial score (nSPS) is 11.7. The molecule has 4 aromatic rings. The number of rotatable bonds is 0. The summed E-state index contributed by atoms with van der Waals surface area (Å²) < 4.78 is 63.9. The molecule has 0 amide bonds. The van der Waals surface area contributed by atoms with Gasteiger partial charge in [0.25, 0.3) is 0 Å². The Kier molecular flexibility index (Phi) is 14.2. The summed E-state index contributed by atoms with van der Waals surface area (Å²) in [5.74, 6) is -1.91. The van der Waals surface area contributed by atoms with Crippen molar-refractivity contribution in [3.8, 4) is 0 Å². The molecule has 0 nitrogen and oxygen atoms in total. The van der Waals surface area contributed by atoms with E-state index in [0.717, 1.165) is 23.8 Å². The Morgan fingerprint density at radius 1 is 0.333 bits per heavy atom. The van der Waals surface area contributed by atoms with Gasteiger partial charge in [-0.2, -0.15) is 0 Å². The molecule has 0 saturated carbocycles. The smallest absolute Gasteiger partial charge is 0.127 e. The third-order valence-electron chi connectivity index (χ3n) is 6.80. The van der Waals surface area contributed by atoms with Gasteiger partial charge < -0.3 is 0 Å². The summed E-state index contributed by atoms with van der Waals surface area (Å²) in [4.78, 5) is 0. The van der Waals surface area contributed by atoms with Crippen molar-refractivity contribution >= 4 is 0 Å². The third-order valence-corrected chi connectivity index (χ3v) is 6.80. The van der Waals surface area contributed by atoms with Gasteiger partial charge in [-0.15, -0.1) is 0 Å². The van der Waals surface area contributed by atoms with Gasteiger partial charge in [-0.3, -0.25) is 0 Å². The van der Waals surface area contributed by atoms with Gasteiger partial charge in [-0.25, -0.2) is 22.0 Å². The fourth-order valence-corrected chi connectivity index (χ4v) is 3.95. The average Bonchev–Trinajstić information content (AvgIpc) is 2.89. The van der Waals surface area contributed by atoms with Crippen molar-refractivity contribution in [2.75, 3.05) is 0 Å². The quantitative estimate of drug-likeness (QED) is 0.170. The van der Waals surface area contributed by atoms with Crippen LogP contribution in [0, 0.1) is 29.1 Å². The summed E-state index contributed by atoms with van der Waals surface area (Å²) in [5.41, 5.74) is 3.33. The van der Waals surface area contributed by atoms with E-state index < -0.39 is 11.6 Å². The Labute approximate surface area is 268 Å². The predicted octanol–water partition coefficient (Wildman–Crippen LogP) is 12.6. The number of hydrogen-bond donors (Lipinski definition) is 0. The van der Waals surface area contributed by atoms with E-state index in [1.807, 2.05) is 47.6 Å². The van der Waals surface area contributed by atoms with Crippen LogP contribution in [0.4, 0.5) is 22.0 Å². The monoisotopic (exact) mass is 626 g/mol. The Morgan fingerprint density at radius 2 is 0.756 bits per heavy atom.